The Labute approximate surface area is 152 Å². The molecule has 3 aromatic rings. The number of nitrogens with one attached hydrogen (secondary N) is 1. The van der Waals surface area contributed by atoms with Crippen molar-refractivity contribution in [2.45, 2.75) is 12.5 Å². The molecule has 1 unspecified atom stereocenters. The Bertz CT molecular complexity index is 840. The van der Waals surface area contributed by atoms with Crippen LogP contribution < -0.4 is 5.32 Å². The van der Waals surface area contributed by atoms with E-state index in [1.165, 1.54) is 11.0 Å². The van der Waals surface area contributed by atoms with Gasteiger partial charge >= 0.3 is 0 Å². The van der Waals surface area contributed by atoms with Crippen LogP contribution in [0.25, 0.3) is 5.69 Å². The third kappa shape index (κ3) is 4.28. The molecule has 0 aliphatic rings. The standard InChI is InChI=1S/C17H16BrN5O2/c18-13-6-7-16(23-11-19-21-22-23)15(9-13)17(25)20-14(10-24)8-12-4-2-1-3-5-12/h1-7,9,11,14,24H,8,10H2,(H,20,25). The number of benzene rings is 2. The molecule has 0 aliphatic heterocycles. The van der Waals surface area contributed by atoms with Gasteiger partial charge in [-0.3, -0.25) is 4.79 Å². The third-order valence-electron chi connectivity index (χ3n) is 3.68. The van der Waals surface area contributed by atoms with Crippen molar-refractivity contribution in [1.82, 2.24) is 25.5 Å². The fourth-order valence-corrected chi connectivity index (χ4v) is 2.85. The lowest BCUT2D eigenvalue weighted by Crippen LogP contribution is -2.39. The second-order valence-corrected chi connectivity index (χ2v) is 6.37. The molecule has 128 valence electrons. The van der Waals surface area contributed by atoms with E-state index in [1.807, 2.05) is 30.3 Å². The van der Waals surface area contributed by atoms with Crippen molar-refractivity contribution in [3.05, 3.63) is 70.5 Å². The number of carbonyl (C=O) groups excluding carboxylic acids is 1. The van der Waals surface area contributed by atoms with Gasteiger partial charge < -0.3 is 10.4 Å². The normalized spacial score (nSPS) is 11.9. The van der Waals surface area contributed by atoms with E-state index < -0.39 is 6.04 Å². The fraction of sp³-hybridized carbons (Fsp3) is 0.176. The smallest absolute Gasteiger partial charge is 0.253 e. The summed E-state index contributed by atoms with van der Waals surface area (Å²) in [6.07, 6.45) is 1.96. The Morgan fingerprint density at radius 3 is 2.72 bits per heavy atom. The van der Waals surface area contributed by atoms with Gasteiger partial charge in [0.15, 0.2) is 0 Å². The Morgan fingerprint density at radius 2 is 2.04 bits per heavy atom. The van der Waals surface area contributed by atoms with Crippen LogP contribution >= 0.6 is 15.9 Å². The van der Waals surface area contributed by atoms with Gasteiger partial charge in [0.25, 0.3) is 5.91 Å². The zero-order chi connectivity index (χ0) is 17.6. The molecule has 0 saturated carbocycles. The monoisotopic (exact) mass is 401 g/mol. The Morgan fingerprint density at radius 1 is 1.24 bits per heavy atom. The number of hydrogen-bond donors (Lipinski definition) is 2. The number of tetrazole rings is 1. The van der Waals surface area contributed by atoms with Crippen LogP contribution in [0.5, 0.6) is 0 Å². The quantitative estimate of drug-likeness (QED) is 0.656. The number of rotatable bonds is 6. The number of amides is 1. The Hall–Kier alpha value is -2.58. The van der Waals surface area contributed by atoms with Crippen molar-refractivity contribution in [2.24, 2.45) is 0 Å². The minimum atomic E-state index is -0.393. The van der Waals surface area contributed by atoms with E-state index >= 15 is 0 Å². The zero-order valence-corrected chi connectivity index (χ0v) is 14.8. The molecule has 3 rings (SSSR count). The van der Waals surface area contributed by atoms with Crippen molar-refractivity contribution in [1.29, 1.82) is 0 Å². The van der Waals surface area contributed by atoms with E-state index in [4.69, 9.17) is 0 Å². The lowest BCUT2D eigenvalue weighted by Gasteiger charge is -2.18. The molecule has 7 nitrogen and oxygen atoms in total. The summed E-state index contributed by atoms with van der Waals surface area (Å²) < 4.78 is 2.19. The van der Waals surface area contributed by atoms with Gasteiger partial charge in [-0.05, 0) is 40.6 Å². The highest BCUT2D eigenvalue weighted by Gasteiger charge is 2.18. The maximum Gasteiger partial charge on any atom is 0.253 e. The average Bonchev–Trinajstić information content (AvgIpc) is 3.16. The summed E-state index contributed by atoms with van der Waals surface area (Å²) in [7, 11) is 0. The molecule has 2 aromatic carbocycles. The first-order valence-corrected chi connectivity index (χ1v) is 8.45. The predicted octanol–water partition coefficient (Wildman–Crippen LogP) is 1.76. The Balaban J connectivity index is 1.81. The van der Waals surface area contributed by atoms with Crippen LogP contribution in [0.3, 0.4) is 0 Å². The number of hydrogen-bond acceptors (Lipinski definition) is 5. The molecule has 8 heteroatoms. The van der Waals surface area contributed by atoms with Crippen molar-refractivity contribution in [3.8, 4) is 5.69 Å². The summed E-state index contributed by atoms with van der Waals surface area (Å²) >= 11 is 3.37. The number of halogens is 1. The number of nitrogens with zero attached hydrogens (tertiary/aromatic N) is 4. The van der Waals surface area contributed by atoms with E-state index in [9.17, 15) is 9.90 Å². The zero-order valence-electron chi connectivity index (χ0n) is 13.2. The van der Waals surface area contributed by atoms with Gasteiger partial charge in [-0.15, -0.1) is 5.10 Å². The summed E-state index contributed by atoms with van der Waals surface area (Å²) in [6.45, 7) is -0.158. The van der Waals surface area contributed by atoms with Gasteiger partial charge in [-0.2, -0.15) is 4.68 Å². The van der Waals surface area contributed by atoms with Crippen LogP contribution in [0.4, 0.5) is 0 Å². The lowest BCUT2D eigenvalue weighted by atomic mass is 10.1. The highest BCUT2D eigenvalue weighted by molar-refractivity contribution is 9.10. The van der Waals surface area contributed by atoms with Crippen LogP contribution in [0.15, 0.2) is 59.3 Å². The van der Waals surface area contributed by atoms with E-state index in [2.05, 4.69) is 36.8 Å². The second-order valence-electron chi connectivity index (χ2n) is 5.46. The van der Waals surface area contributed by atoms with Gasteiger partial charge in [-0.25, -0.2) is 0 Å². The summed E-state index contributed by atoms with van der Waals surface area (Å²) in [4.78, 5) is 12.7. The molecular formula is C17H16BrN5O2. The molecule has 1 aromatic heterocycles. The van der Waals surface area contributed by atoms with Crippen molar-refractivity contribution in [3.63, 3.8) is 0 Å². The summed E-state index contributed by atoms with van der Waals surface area (Å²) in [6, 6.07) is 14.6. The van der Waals surface area contributed by atoms with E-state index in [0.29, 0.717) is 17.7 Å². The summed E-state index contributed by atoms with van der Waals surface area (Å²) in [5.41, 5.74) is 2.01. The van der Waals surface area contributed by atoms with Crippen molar-refractivity contribution >= 4 is 21.8 Å². The van der Waals surface area contributed by atoms with E-state index in [-0.39, 0.29) is 12.5 Å². The first-order valence-electron chi connectivity index (χ1n) is 7.66. The van der Waals surface area contributed by atoms with E-state index in [1.54, 1.807) is 18.2 Å². The molecule has 0 saturated heterocycles. The molecule has 0 radical (unpaired) electrons. The maximum atomic E-state index is 12.7. The minimum absolute atomic E-state index is 0.158. The topological polar surface area (TPSA) is 92.9 Å². The number of aliphatic hydroxyl groups is 1. The van der Waals surface area contributed by atoms with Gasteiger partial charge in [-0.1, -0.05) is 46.3 Å². The first-order chi connectivity index (χ1) is 12.2. The molecule has 0 fully saturated rings. The predicted molar refractivity (Wildman–Crippen MR) is 95.3 cm³/mol. The maximum absolute atomic E-state index is 12.7. The average molecular weight is 402 g/mol. The van der Waals surface area contributed by atoms with Crippen LogP contribution in [-0.4, -0.2) is 43.9 Å². The molecule has 1 heterocycles. The molecule has 0 spiro atoms. The molecule has 25 heavy (non-hydrogen) atoms. The minimum Gasteiger partial charge on any atom is -0.394 e. The molecule has 2 N–H and O–H groups in total. The molecule has 1 amide bonds. The van der Waals surface area contributed by atoms with Gasteiger partial charge in [0.1, 0.15) is 6.33 Å². The lowest BCUT2D eigenvalue weighted by molar-refractivity contribution is 0.0916. The van der Waals surface area contributed by atoms with Gasteiger partial charge in [0.05, 0.1) is 23.9 Å². The van der Waals surface area contributed by atoms with Crippen molar-refractivity contribution in [2.75, 3.05) is 6.61 Å². The number of aliphatic hydroxyl groups excluding tert-OH is 1. The summed E-state index contributed by atoms with van der Waals surface area (Å²) in [5, 5.41) is 23.5. The third-order valence-corrected chi connectivity index (χ3v) is 4.17. The molecule has 0 bridgehead atoms. The van der Waals surface area contributed by atoms with Crippen molar-refractivity contribution < 1.29 is 9.90 Å². The molecule has 0 aliphatic carbocycles. The van der Waals surface area contributed by atoms with Crippen LogP contribution in [-0.2, 0) is 6.42 Å². The van der Waals surface area contributed by atoms with Crippen LogP contribution in [0, 0.1) is 0 Å². The SMILES string of the molecule is O=C(NC(CO)Cc1ccccc1)c1cc(Br)ccc1-n1cnnn1. The first kappa shape index (κ1) is 17.2. The second kappa shape index (κ2) is 8.00. The largest absolute Gasteiger partial charge is 0.394 e. The van der Waals surface area contributed by atoms with E-state index in [0.717, 1.165) is 10.0 Å². The number of aromatic nitrogens is 4. The molecule has 1 atom stereocenters. The fourth-order valence-electron chi connectivity index (χ4n) is 2.48. The van der Waals surface area contributed by atoms with Gasteiger partial charge in [0.2, 0.25) is 0 Å². The highest BCUT2D eigenvalue weighted by Crippen LogP contribution is 2.19. The summed E-state index contributed by atoms with van der Waals surface area (Å²) in [5.74, 6) is -0.304. The van der Waals surface area contributed by atoms with Gasteiger partial charge in [0, 0.05) is 4.47 Å². The number of carbonyl (C=O) groups is 1. The Kier molecular flexibility index (Phi) is 5.52. The van der Waals surface area contributed by atoms with Crippen LogP contribution in [0.2, 0.25) is 0 Å². The van der Waals surface area contributed by atoms with Crippen LogP contribution in [0.1, 0.15) is 15.9 Å². The molecular weight excluding hydrogens is 386 g/mol. The highest BCUT2D eigenvalue weighted by atomic mass is 79.9.